The highest BCUT2D eigenvalue weighted by molar-refractivity contribution is 7.65. The van der Waals surface area contributed by atoms with Crippen LogP contribution >= 0.6 is 33.2 Å². The summed E-state index contributed by atoms with van der Waals surface area (Å²) in [4.78, 5) is 0. The Balaban J connectivity index is 3.22. The van der Waals surface area contributed by atoms with E-state index < -0.39 is 14.8 Å². The van der Waals surface area contributed by atoms with Gasteiger partial charge in [-0.05, 0) is 19.4 Å². The van der Waals surface area contributed by atoms with Crippen molar-refractivity contribution in [1.29, 1.82) is 0 Å². The van der Waals surface area contributed by atoms with Crippen molar-refractivity contribution < 1.29 is 0 Å². The van der Waals surface area contributed by atoms with E-state index in [4.69, 9.17) is 33.2 Å². The van der Waals surface area contributed by atoms with Gasteiger partial charge in [-0.2, -0.15) is 0 Å². The Labute approximate surface area is 142 Å². The molecule has 0 bridgehead atoms. The highest BCUT2D eigenvalue weighted by Gasteiger charge is 2.36. The van der Waals surface area contributed by atoms with Gasteiger partial charge in [0.15, 0.2) is 0 Å². The van der Waals surface area contributed by atoms with Crippen molar-refractivity contribution in [2.75, 3.05) is 0 Å². The minimum atomic E-state index is -2.73. The molecule has 0 saturated carbocycles. The van der Waals surface area contributed by atoms with E-state index in [9.17, 15) is 0 Å². The largest absolute Gasteiger partial charge is 0.348 e. The van der Waals surface area contributed by atoms with Crippen LogP contribution in [0, 0.1) is 0 Å². The zero-order valence-corrected chi connectivity index (χ0v) is 17.8. The Morgan fingerprint density at radius 1 is 1.25 bits per heavy atom. The van der Waals surface area contributed by atoms with Gasteiger partial charge in [0.2, 0.25) is 0 Å². The van der Waals surface area contributed by atoms with E-state index in [1.165, 1.54) is 21.5 Å². The molecule has 1 aromatic carbocycles. The molecule has 0 N–H and O–H groups in total. The number of halogens is 3. The Bertz CT molecular complexity index is 489. The molecular weight excluding hydrogens is 359 g/mol. The van der Waals surface area contributed by atoms with Crippen LogP contribution in [0.25, 0.3) is 0 Å². The smallest absolute Gasteiger partial charge is 0.125 e. The number of hydrogen-bond acceptors (Lipinski definition) is 0. The van der Waals surface area contributed by atoms with Crippen molar-refractivity contribution in [3.63, 3.8) is 0 Å². The maximum atomic E-state index is 6.25. The molecule has 0 aliphatic rings. The molecule has 0 aliphatic carbocycles. The van der Waals surface area contributed by atoms with Crippen molar-refractivity contribution in [3.05, 3.63) is 35.0 Å². The van der Waals surface area contributed by atoms with Crippen molar-refractivity contribution >= 4 is 67.9 Å². The topological polar surface area (TPSA) is 0 Å². The molecule has 3 radical (unpaired) electrons. The first-order valence-electron chi connectivity index (χ1n) is 6.54. The monoisotopic (exact) mass is 377 g/mol. The van der Waals surface area contributed by atoms with Gasteiger partial charge in [0.25, 0.3) is 0 Å². The van der Waals surface area contributed by atoms with E-state index in [1.54, 1.807) is 0 Å². The molecule has 1 atom stereocenters. The van der Waals surface area contributed by atoms with Crippen LogP contribution in [-0.2, 0) is 0 Å². The highest BCUT2D eigenvalue weighted by atomic mass is 35.8. The summed E-state index contributed by atoms with van der Waals surface area (Å²) in [5.41, 5.74) is 4.90. The molecule has 1 rings (SSSR count). The van der Waals surface area contributed by atoms with Crippen LogP contribution in [0.2, 0.25) is 13.1 Å². The lowest BCUT2D eigenvalue weighted by Crippen LogP contribution is -2.35. The van der Waals surface area contributed by atoms with Gasteiger partial charge in [0.1, 0.15) is 9.52 Å². The van der Waals surface area contributed by atoms with Gasteiger partial charge in [0.05, 0.1) is 8.80 Å². The summed E-state index contributed by atoms with van der Waals surface area (Å²) in [6.07, 6.45) is 0. The first-order valence-corrected chi connectivity index (χ1v) is 15.2. The minimum Gasteiger partial charge on any atom is -0.125 e. The summed E-state index contributed by atoms with van der Waals surface area (Å²) in [5.74, 6) is 0. The number of benzene rings is 1. The zero-order chi connectivity index (χ0) is 15.5. The normalized spacial score (nSPS) is 13.4. The van der Waals surface area contributed by atoms with E-state index in [0.717, 1.165) is 0 Å². The van der Waals surface area contributed by atoms with Crippen LogP contribution in [0.4, 0.5) is 0 Å². The third-order valence-corrected chi connectivity index (χ3v) is 10.2. The molecule has 0 fully saturated rings. The average molecular weight is 379 g/mol. The fourth-order valence-electron chi connectivity index (χ4n) is 1.87. The second-order valence-corrected chi connectivity index (χ2v) is 18.2. The molecule has 0 saturated heterocycles. The third kappa shape index (κ3) is 5.35. The molecule has 20 heavy (non-hydrogen) atoms. The van der Waals surface area contributed by atoms with Crippen LogP contribution in [-0.4, -0.2) is 24.3 Å². The summed E-state index contributed by atoms with van der Waals surface area (Å²) in [7, 11) is 0.123. The second-order valence-electron chi connectivity index (χ2n) is 5.43. The maximum Gasteiger partial charge on any atom is 0.348 e. The molecule has 109 valence electrons. The van der Waals surface area contributed by atoms with E-state index >= 15 is 0 Å². The van der Waals surface area contributed by atoms with E-state index in [-0.39, 0.29) is 5.54 Å². The fraction of sp³-hybridized carbons (Fsp3) is 0.429. The van der Waals surface area contributed by atoms with Crippen molar-refractivity contribution in [2.45, 2.75) is 39.4 Å². The predicted octanol–water partition coefficient (Wildman–Crippen LogP) is 4.20. The number of hydrogen-bond donors (Lipinski definition) is 0. The van der Waals surface area contributed by atoms with E-state index in [1.807, 2.05) is 0 Å². The average Bonchev–Trinajstić information content (AvgIpc) is 2.33. The second kappa shape index (κ2) is 7.66. The lowest BCUT2D eigenvalue weighted by Gasteiger charge is -2.23. The van der Waals surface area contributed by atoms with Gasteiger partial charge in [0, 0.05) is 5.54 Å². The van der Waals surface area contributed by atoms with Crippen LogP contribution in [0.3, 0.4) is 0 Å². The first-order chi connectivity index (χ1) is 9.12. The lowest BCUT2D eigenvalue weighted by atomic mass is 10.1. The predicted molar refractivity (Wildman–Crippen MR) is 100 cm³/mol. The molecule has 6 heteroatoms. The number of rotatable bonds is 5. The fourth-order valence-corrected chi connectivity index (χ4v) is 5.82. The third-order valence-electron chi connectivity index (χ3n) is 3.08. The molecule has 0 aromatic heterocycles. The van der Waals surface area contributed by atoms with Gasteiger partial charge in [-0.25, -0.2) is 0 Å². The molecular formula is C14H20Cl3Si3. The van der Waals surface area contributed by atoms with E-state index in [0.29, 0.717) is 9.52 Å². The Morgan fingerprint density at radius 3 is 2.30 bits per heavy atom. The van der Waals surface area contributed by atoms with Crippen molar-refractivity contribution in [1.82, 2.24) is 0 Å². The molecule has 0 nitrogen and oxygen atoms in total. The molecule has 1 aromatic rings. The maximum absolute atomic E-state index is 6.25. The zero-order valence-electron chi connectivity index (χ0n) is 12.5. The summed E-state index contributed by atoms with van der Waals surface area (Å²) < 4.78 is 0. The van der Waals surface area contributed by atoms with Gasteiger partial charge >= 0.3 is 6.00 Å². The van der Waals surface area contributed by atoms with Crippen LogP contribution in [0.5, 0.6) is 0 Å². The summed E-state index contributed by atoms with van der Waals surface area (Å²) in [6, 6.07) is 3.99. The van der Waals surface area contributed by atoms with Crippen molar-refractivity contribution in [3.8, 4) is 0 Å². The Morgan fingerprint density at radius 2 is 1.85 bits per heavy atom. The quantitative estimate of drug-likeness (QED) is 0.532. The number of allylic oxidation sites excluding steroid dienone is 1. The van der Waals surface area contributed by atoms with Crippen LogP contribution in [0.15, 0.2) is 29.5 Å². The SMILES string of the molecule is CC(C)=C[Si]c1ccc([Si](C)C)c(C(C)[Si](Cl)(Cl)Cl)c1. The molecule has 0 spiro atoms. The molecule has 0 aliphatic heterocycles. The first kappa shape index (κ1) is 18.5. The van der Waals surface area contributed by atoms with Gasteiger partial charge < -0.3 is 0 Å². The Kier molecular flexibility index (Phi) is 7.09. The highest BCUT2D eigenvalue weighted by Crippen LogP contribution is 2.35. The van der Waals surface area contributed by atoms with Crippen LogP contribution < -0.4 is 10.4 Å². The standard InChI is InChI=1S/C14H20Cl3Si3/c1-10(2)9-18-12-6-7-14(19(4)5)13(8-12)11(3)20(15,16)17/h6-9,11H,1-5H3. The molecule has 0 heterocycles. The van der Waals surface area contributed by atoms with Gasteiger partial charge in [-0.15, -0.1) is 33.2 Å². The molecule has 0 amide bonds. The van der Waals surface area contributed by atoms with Gasteiger partial charge in [-0.1, -0.05) is 59.9 Å². The van der Waals surface area contributed by atoms with Gasteiger partial charge in [-0.3, -0.25) is 0 Å². The van der Waals surface area contributed by atoms with Crippen molar-refractivity contribution in [2.24, 2.45) is 0 Å². The summed E-state index contributed by atoms with van der Waals surface area (Å²) in [6.45, 7) is 10.9. The summed E-state index contributed by atoms with van der Waals surface area (Å²) in [5, 5.41) is 2.72. The van der Waals surface area contributed by atoms with Crippen LogP contribution in [0.1, 0.15) is 31.9 Å². The molecule has 1 unspecified atom stereocenters. The lowest BCUT2D eigenvalue weighted by molar-refractivity contribution is 1.08. The van der Waals surface area contributed by atoms with E-state index in [2.05, 4.69) is 57.8 Å². The summed E-state index contributed by atoms with van der Waals surface area (Å²) >= 11 is 18.7. The Hall–Kier alpha value is 0.481. The minimum absolute atomic E-state index is 0.0406.